The highest BCUT2D eigenvalue weighted by molar-refractivity contribution is 5.84. The zero-order valence-corrected chi connectivity index (χ0v) is 13.0. The second-order valence-electron chi connectivity index (χ2n) is 5.03. The van der Waals surface area contributed by atoms with Crippen LogP contribution in [0.25, 0.3) is 0 Å². The summed E-state index contributed by atoms with van der Waals surface area (Å²) in [7, 11) is 0. The van der Waals surface area contributed by atoms with E-state index in [2.05, 4.69) is 0 Å². The molecule has 0 aliphatic carbocycles. The second-order valence-corrected chi connectivity index (χ2v) is 5.03. The van der Waals surface area contributed by atoms with E-state index in [1.54, 1.807) is 30.3 Å². The van der Waals surface area contributed by atoms with Crippen molar-refractivity contribution >= 4 is 18.0 Å². The highest BCUT2D eigenvalue weighted by atomic mass is 16.6. The zero-order valence-electron chi connectivity index (χ0n) is 13.0. The fraction of sp³-hybridized carbons (Fsp3) is 0.438. The first-order valence-corrected chi connectivity index (χ1v) is 7.37. The molecule has 0 unspecified atom stereocenters. The fourth-order valence-corrected chi connectivity index (χ4v) is 1.97. The van der Waals surface area contributed by atoms with Crippen LogP contribution in [0.1, 0.15) is 31.7 Å². The molecule has 1 aromatic rings. The maximum absolute atomic E-state index is 12.2. The van der Waals surface area contributed by atoms with Gasteiger partial charge in [-0.25, -0.2) is 9.59 Å². The molecule has 1 aromatic carbocycles. The lowest BCUT2D eigenvalue weighted by Crippen LogP contribution is -2.46. The normalized spacial score (nSPS) is 11.5. The molecule has 23 heavy (non-hydrogen) atoms. The van der Waals surface area contributed by atoms with Crippen LogP contribution < -0.4 is 0 Å². The van der Waals surface area contributed by atoms with Crippen LogP contribution in [0.4, 0.5) is 4.79 Å². The molecular formula is C16H21NO6. The largest absolute Gasteiger partial charge is 0.481 e. The Hall–Kier alpha value is -2.57. The van der Waals surface area contributed by atoms with Gasteiger partial charge in [-0.15, -0.1) is 0 Å². The third-order valence-corrected chi connectivity index (χ3v) is 3.18. The van der Waals surface area contributed by atoms with Gasteiger partial charge < -0.3 is 14.9 Å². The average molecular weight is 323 g/mol. The number of hydrogen-bond donors (Lipinski definition) is 2. The third-order valence-electron chi connectivity index (χ3n) is 3.18. The second kappa shape index (κ2) is 9.45. The van der Waals surface area contributed by atoms with Gasteiger partial charge in [-0.1, -0.05) is 43.7 Å². The van der Waals surface area contributed by atoms with E-state index in [9.17, 15) is 19.5 Å². The summed E-state index contributed by atoms with van der Waals surface area (Å²) in [5.41, 5.74) is 0.691. The van der Waals surface area contributed by atoms with Crippen LogP contribution in [0, 0.1) is 0 Å². The first-order valence-electron chi connectivity index (χ1n) is 7.37. The van der Waals surface area contributed by atoms with E-state index in [1.165, 1.54) is 0 Å². The average Bonchev–Trinajstić information content (AvgIpc) is 2.51. The number of carboxylic acids is 2. The van der Waals surface area contributed by atoms with Crippen LogP contribution in [-0.2, 0) is 20.9 Å². The van der Waals surface area contributed by atoms with E-state index < -0.39 is 30.5 Å². The minimum absolute atomic E-state index is 0.0317. The van der Waals surface area contributed by atoms with Crippen LogP contribution >= 0.6 is 0 Å². The molecule has 2 N–H and O–H groups in total. The molecule has 0 bridgehead atoms. The van der Waals surface area contributed by atoms with Crippen molar-refractivity contribution in [2.45, 2.75) is 38.8 Å². The third kappa shape index (κ3) is 6.37. The van der Waals surface area contributed by atoms with Crippen LogP contribution in [0.5, 0.6) is 0 Å². The maximum Gasteiger partial charge on any atom is 0.410 e. The Morgan fingerprint density at radius 2 is 1.83 bits per heavy atom. The van der Waals surface area contributed by atoms with Crippen molar-refractivity contribution in [2.75, 3.05) is 6.61 Å². The lowest BCUT2D eigenvalue weighted by Gasteiger charge is -2.27. The van der Waals surface area contributed by atoms with Crippen molar-refractivity contribution in [3.8, 4) is 0 Å². The monoisotopic (exact) mass is 323 g/mol. The van der Waals surface area contributed by atoms with Crippen molar-refractivity contribution in [3.63, 3.8) is 0 Å². The summed E-state index contributed by atoms with van der Waals surface area (Å²) in [5.74, 6) is -2.67. The molecule has 0 spiro atoms. The number of aliphatic carboxylic acids is 2. The van der Waals surface area contributed by atoms with E-state index in [1.807, 2.05) is 6.92 Å². The SMILES string of the molecule is CCCCOC(=O)N(Cc1ccccc1)[C@@H](CC(=O)O)C(=O)O. The summed E-state index contributed by atoms with van der Waals surface area (Å²) in [4.78, 5) is 35.4. The molecule has 1 rings (SSSR count). The molecular weight excluding hydrogens is 302 g/mol. The summed E-state index contributed by atoms with van der Waals surface area (Å²) in [6.07, 6.45) is -0.0354. The molecule has 0 fully saturated rings. The van der Waals surface area contributed by atoms with Crippen LogP contribution in [0.15, 0.2) is 30.3 Å². The molecule has 0 heterocycles. The summed E-state index contributed by atoms with van der Waals surface area (Å²) in [6, 6.07) is 7.27. The van der Waals surface area contributed by atoms with Gasteiger partial charge in [-0.3, -0.25) is 9.69 Å². The predicted molar refractivity (Wildman–Crippen MR) is 81.9 cm³/mol. The van der Waals surface area contributed by atoms with Crippen molar-refractivity contribution in [2.24, 2.45) is 0 Å². The minimum Gasteiger partial charge on any atom is -0.481 e. The van der Waals surface area contributed by atoms with E-state index >= 15 is 0 Å². The van der Waals surface area contributed by atoms with Crippen LogP contribution in [0.2, 0.25) is 0 Å². The van der Waals surface area contributed by atoms with Crippen LogP contribution in [0.3, 0.4) is 0 Å². The summed E-state index contributed by atoms with van der Waals surface area (Å²) < 4.78 is 5.06. The van der Waals surface area contributed by atoms with Gasteiger partial charge in [-0.2, -0.15) is 0 Å². The maximum atomic E-state index is 12.2. The van der Waals surface area contributed by atoms with Gasteiger partial charge in [0.25, 0.3) is 0 Å². The molecule has 0 aliphatic heterocycles. The fourth-order valence-electron chi connectivity index (χ4n) is 1.97. The van der Waals surface area contributed by atoms with Gasteiger partial charge in [0.1, 0.15) is 6.04 Å². The van der Waals surface area contributed by atoms with Crippen molar-refractivity contribution in [1.82, 2.24) is 4.90 Å². The smallest absolute Gasteiger partial charge is 0.410 e. The number of nitrogens with zero attached hydrogens (tertiary/aromatic N) is 1. The van der Waals surface area contributed by atoms with Gasteiger partial charge >= 0.3 is 18.0 Å². The van der Waals surface area contributed by atoms with Crippen molar-refractivity contribution in [1.29, 1.82) is 0 Å². The number of ether oxygens (including phenoxy) is 1. The van der Waals surface area contributed by atoms with Gasteiger partial charge in [0.2, 0.25) is 0 Å². The van der Waals surface area contributed by atoms with Gasteiger partial charge in [0.15, 0.2) is 0 Å². The Morgan fingerprint density at radius 1 is 1.17 bits per heavy atom. The molecule has 1 atom stereocenters. The number of carbonyl (C=O) groups excluding carboxylic acids is 1. The lowest BCUT2D eigenvalue weighted by atomic mass is 10.1. The Kier molecular flexibility index (Phi) is 7.59. The standard InChI is InChI=1S/C16H21NO6/c1-2-3-9-23-16(22)17(11-12-7-5-4-6-8-12)13(15(20)21)10-14(18)19/h4-8,13H,2-3,9-11H2,1H3,(H,18,19)(H,20,21)/t13-/m0/s1. The molecule has 0 saturated carbocycles. The van der Waals surface area contributed by atoms with E-state index in [4.69, 9.17) is 9.84 Å². The molecule has 0 saturated heterocycles. The van der Waals surface area contributed by atoms with E-state index in [0.29, 0.717) is 12.0 Å². The number of carbonyl (C=O) groups is 3. The van der Waals surface area contributed by atoms with Crippen LogP contribution in [-0.4, -0.2) is 45.8 Å². The molecule has 126 valence electrons. The molecule has 7 heteroatoms. The van der Waals surface area contributed by atoms with E-state index in [-0.39, 0.29) is 13.2 Å². The van der Waals surface area contributed by atoms with Gasteiger partial charge in [0.05, 0.1) is 13.0 Å². The lowest BCUT2D eigenvalue weighted by molar-refractivity contribution is -0.149. The van der Waals surface area contributed by atoms with Gasteiger partial charge in [0, 0.05) is 6.54 Å². The topological polar surface area (TPSA) is 104 Å². The molecule has 0 radical (unpaired) electrons. The van der Waals surface area contributed by atoms with E-state index in [0.717, 1.165) is 11.3 Å². The number of hydrogen-bond acceptors (Lipinski definition) is 4. The zero-order chi connectivity index (χ0) is 17.2. The Balaban J connectivity index is 2.95. The number of unbranched alkanes of at least 4 members (excludes halogenated alkanes) is 1. The molecule has 7 nitrogen and oxygen atoms in total. The Morgan fingerprint density at radius 3 is 2.35 bits per heavy atom. The summed E-state index contributed by atoms with van der Waals surface area (Å²) in [5, 5.41) is 18.2. The first kappa shape index (κ1) is 18.5. The summed E-state index contributed by atoms with van der Waals surface area (Å²) >= 11 is 0. The van der Waals surface area contributed by atoms with Gasteiger partial charge in [-0.05, 0) is 12.0 Å². The minimum atomic E-state index is -1.48. The number of rotatable bonds is 9. The number of benzene rings is 1. The molecule has 0 aliphatic rings. The summed E-state index contributed by atoms with van der Waals surface area (Å²) in [6.45, 7) is 2.07. The predicted octanol–water partition coefficient (Wildman–Crippen LogP) is 2.35. The molecule has 0 aromatic heterocycles. The number of carboxylic acid groups (broad SMARTS) is 2. The highest BCUT2D eigenvalue weighted by Gasteiger charge is 2.32. The molecule has 1 amide bonds. The number of amides is 1. The van der Waals surface area contributed by atoms with Crippen molar-refractivity contribution in [3.05, 3.63) is 35.9 Å². The highest BCUT2D eigenvalue weighted by Crippen LogP contribution is 2.14. The quantitative estimate of drug-likeness (QED) is 0.676. The Bertz CT molecular complexity index is 531. The van der Waals surface area contributed by atoms with Crippen molar-refractivity contribution < 1.29 is 29.3 Å². The first-order chi connectivity index (χ1) is 11.0. The Labute approximate surface area is 134 Å².